The average molecular weight is 296 g/mol. The van der Waals surface area contributed by atoms with Crippen LogP contribution in [0.2, 0.25) is 0 Å². The Bertz CT molecular complexity index is 440. The molecule has 0 amide bonds. The van der Waals surface area contributed by atoms with Crippen LogP contribution in [0.25, 0.3) is 0 Å². The summed E-state index contributed by atoms with van der Waals surface area (Å²) in [6.45, 7) is 8.99. The summed E-state index contributed by atoms with van der Waals surface area (Å²) in [5.74, 6) is 0.717. The zero-order valence-corrected chi connectivity index (χ0v) is 13.0. The van der Waals surface area contributed by atoms with E-state index in [1.807, 2.05) is 0 Å². The number of hydrogen-bond acceptors (Lipinski definition) is 2. The topological polar surface area (TPSA) is 15.3 Å². The predicted octanol–water partition coefficient (Wildman–Crippen LogP) is 3.42. The van der Waals surface area contributed by atoms with E-state index in [9.17, 15) is 8.78 Å². The van der Waals surface area contributed by atoms with E-state index in [4.69, 9.17) is 0 Å². The van der Waals surface area contributed by atoms with Crippen molar-refractivity contribution >= 4 is 0 Å². The summed E-state index contributed by atoms with van der Waals surface area (Å²) in [5, 5.41) is 3.51. The number of benzene rings is 1. The lowest BCUT2D eigenvalue weighted by molar-refractivity contribution is 0.173. The monoisotopic (exact) mass is 296 g/mol. The number of rotatable bonds is 6. The molecular formula is C17H26F2N2. The first-order valence-electron chi connectivity index (χ1n) is 7.91. The van der Waals surface area contributed by atoms with Gasteiger partial charge in [-0.2, -0.15) is 0 Å². The summed E-state index contributed by atoms with van der Waals surface area (Å²) < 4.78 is 26.8. The van der Waals surface area contributed by atoms with Crippen molar-refractivity contribution in [2.24, 2.45) is 11.8 Å². The van der Waals surface area contributed by atoms with Crippen LogP contribution >= 0.6 is 0 Å². The molecule has 0 bridgehead atoms. The molecule has 1 aliphatic heterocycles. The van der Waals surface area contributed by atoms with Gasteiger partial charge >= 0.3 is 0 Å². The first-order valence-corrected chi connectivity index (χ1v) is 7.91. The van der Waals surface area contributed by atoms with E-state index in [0.29, 0.717) is 23.9 Å². The summed E-state index contributed by atoms with van der Waals surface area (Å²) in [4.78, 5) is 2.22. The maximum absolute atomic E-state index is 13.6. The van der Waals surface area contributed by atoms with Crippen molar-refractivity contribution in [3.63, 3.8) is 0 Å². The molecular weight excluding hydrogens is 270 g/mol. The lowest BCUT2D eigenvalue weighted by Gasteiger charge is -2.32. The number of nitrogens with zero attached hydrogens (tertiary/aromatic N) is 1. The zero-order valence-electron chi connectivity index (χ0n) is 13.0. The minimum Gasteiger partial charge on any atom is -0.316 e. The predicted molar refractivity (Wildman–Crippen MR) is 82.1 cm³/mol. The Balaban J connectivity index is 1.75. The molecule has 2 rings (SSSR count). The smallest absolute Gasteiger partial charge is 0.127 e. The summed E-state index contributed by atoms with van der Waals surface area (Å²) in [7, 11) is 0. The lowest BCUT2D eigenvalue weighted by atomic mass is 9.96. The largest absolute Gasteiger partial charge is 0.316 e. The van der Waals surface area contributed by atoms with Crippen LogP contribution in [-0.2, 0) is 6.54 Å². The molecule has 0 saturated carbocycles. The van der Waals surface area contributed by atoms with Crippen LogP contribution in [0, 0.1) is 23.5 Å². The molecule has 1 aromatic rings. The summed E-state index contributed by atoms with van der Waals surface area (Å²) in [5.41, 5.74) is 0.464. The fourth-order valence-electron chi connectivity index (χ4n) is 2.83. The maximum Gasteiger partial charge on any atom is 0.127 e. The van der Waals surface area contributed by atoms with Crippen molar-refractivity contribution in [2.45, 2.75) is 33.2 Å². The molecule has 1 N–H and O–H groups in total. The third-order valence-corrected chi connectivity index (χ3v) is 4.09. The molecule has 118 valence electrons. The fourth-order valence-corrected chi connectivity index (χ4v) is 2.83. The van der Waals surface area contributed by atoms with E-state index in [1.54, 1.807) is 0 Å². The molecule has 0 aromatic heterocycles. The highest BCUT2D eigenvalue weighted by Gasteiger charge is 2.20. The summed E-state index contributed by atoms with van der Waals surface area (Å²) in [6, 6.07) is 3.70. The Labute approximate surface area is 126 Å². The van der Waals surface area contributed by atoms with Crippen molar-refractivity contribution in [1.29, 1.82) is 0 Å². The second kappa shape index (κ2) is 7.85. The van der Waals surface area contributed by atoms with E-state index >= 15 is 0 Å². The van der Waals surface area contributed by atoms with Gasteiger partial charge in [0, 0.05) is 12.1 Å². The second-order valence-corrected chi connectivity index (χ2v) is 6.51. The minimum absolute atomic E-state index is 0.308. The number of likely N-dealkylation sites (tertiary alicyclic amines) is 1. The van der Waals surface area contributed by atoms with Gasteiger partial charge in [-0.05, 0) is 69.1 Å². The van der Waals surface area contributed by atoms with E-state index in [1.165, 1.54) is 18.2 Å². The Hall–Kier alpha value is -1.00. The standard InChI is InChI=1S/C17H26F2N2/c1-13(2)10-20-11-14-5-7-21(8-6-14)12-15-9-16(18)3-4-17(15)19/h3-4,9,13-14,20H,5-8,10-12H2,1-2H3. The SMILES string of the molecule is CC(C)CNCC1CCN(Cc2cc(F)ccc2F)CC1. The molecule has 1 aromatic carbocycles. The van der Waals surface area contributed by atoms with Gasteiger partial charge in [0.1, 0.15) is 11.6 Å². The van der Waals surface area contributed by atoms with Crippen LogP contribution in [0.15, 0.2) is 18.2 Å². The molecule has 1 heterocycles. The first kappa shape index (κ1) is 16.4. The van der Waals surface area contributed by atoms with Gasteiger partial charge < -0.3 is 5.32 Å². The third-order valence-electron chi connectivity index (χ3n) is 4.09. The van der Waals surface area contributed by atoms with Crippen LogP contribution < -0.4 is 5.32 Å². The Morgan fingerprint density at radius 3 is 2.62 bits per heavy atom. The fraction of sp³-hybridized carbons (Fsp3) is 0.647. The highest BCUT2D eigenvalue weighted by molar-refractivity contribution is 5.18. The highest BCUT2D eigenvalue weighted by atomic mass is 19.1. The Kier molecular flexibility index (Phi) is 6.12. The second-order valence-electron chi connectivity index (χ2n) is 6.51. The molecule has 0 atom stereocenters. The van der Waals surface area contributed by atoms with Gasteiger partial charge in [0.2, 0.25) is 0 Å². The van der Waals surface area contributed by atoms with Crippen molar-refractivity contribution in [3.05, 3.63) is 35.4 Å². The van der Waals surface area contributed by atoms with Crippen LogP contribution in [0.5, 0.6) is 0 Å². The van der Waals surface area contributed by atoms with Gasteiger partial charge in [0.05, 0.1) is 0 Å². The Morgan fingerprint density at radius 2 is 1.95 bits per heavy atom. The van der Waals surface area contributed by atoms with Crippen LogP contribution in [-0.4, -0.2) is 31.1 Å². The van der Waals surface area contributed by atoms with Gasteiger partial charge in [-0.3, -0.25) is 4.90 Å². The molecule has 1 aliphatic rings. The lowest BCUT2D eigenvalue weighted by Crippen LogP contribution is -2.37. The molecule has 0 unspecified atom stereocenters. The van der Waals surface area contributed by atoms with Crippen molar-refractivity contribution < 1.29 is 8.78 Å². The Morgan fingerprint density at radius 1 is 1.24 bits per heavy atom. The van der Waals surface area contributed by atoms with Crippen LogP contribution in [0.4, 0.5) is 8.78 Å². The number of halogens is 2. The van der Waals surface area contributed by atoms with Gasteiger partial charge in [-0.15, -0.1) is 0 Å². The zero-order chi connectivity index (χ0) is 15.2. The van der Waals surface area contributed by atoms with Crippen LogP contribution in [0.3, 0.4) is 0 Å². The molecule has 1 fully saturated rings. The molecule has 4 heteroatoms. The first-order chi connectivity index (χ1) is 10.0. The van der Waals surface area contributed by atoms with Gasteiger partial charge in [-0.25, -0.2) is 8.78 Å². The van der Waals surface area contributed by atoms with Crippen LogP contribution in [0.1, 0.15) is 32.3 Å². The van der Waals surface area contributed by atoms with Crippen molar-refractivity contribution in [1.82, 2.24) is 10.2 Å². The quantitative estimate of drug-likeness (QED) is 0.865. The summed E-state index contributed by atoms with van der Waals surface area (Å²) in [6.07, 6.45) is 2.25. The molecule has 0 aliphatic carbocycles. The normalized spacial score (nSPS) is 17.6. The molecule has 2 nitrogen and oxygen atoms in total. The van der Waals surface area contributed by atoms with Crippen molar-refractivity contribution in [2.75, 3.05) is 26.2 Å². The van der Waals surface area contributed by atoms with Gasteiger partial charge in [0.25, 0.3) is 0 Å². The number of piperidine rings is 1. The average Bonchev–Trinajstić information content (AvgIpc) is 2.44. The molecule has 0 radical (unpaired) electrons. The number of nitrogens with one attached hydrogen (secondary N) is 1. The molecule has 21 heavy (non-hydrogen) atoms. The third kappa shape index (κ3) is 5.36. The van der Waals surface area contributed by atoms with Gasteiger partial charge in [0.15, 0.2) is 0 Å². The highest BCUT2D eigenvalue weighted by Crippen LogP contribution is 2.20. The van der Waals surface area contributed by atoms with Gasteiger partial charge in [-0.1, -0.05) is 13.8 Å². The minimum atomic E-state index is -0.362. The molecule has 1 saturated heterocycles. The van der Waals surface area contributed by atoms with E-state index < -0.39 is 0 Å². The van der Waals surface area contributed by atoms with E-state index in [2.05, 4.69) is 24.1 Å². The molecule has 0 spiro atoms. The number of hydrogen-bond donors (Lipinski definition) is 1. The van der Waals surface area contributed by atoms with E-state index in [-0.39, 0.29) is 11.6 Å². The maximum atomic E-state index is 13.6. The van der Waals surface area contributed by atoms with E-state index in [0.717, 1.165) is 39.0 Å². The van der Waals surface area contributed by atoms with Crippen molar-refractivity contribution in [3.8, 4) is 0 Å². The summed E-state index contributed by atoms with van der Waals surface area (Å²) >= 11 is 0.